The third-order valence-electron chi connectivity index (χ3n) is 3.50. The van der Waals surface area contributed by atoms with E-state index in [0.717, 1.165) is 13.1 Å². The first-order valence-corrected chi connectivity index (χ1v) is 6.35. The molecule has 0 amide bonds. The summed E-state index contributed by atoms with van der Waals surface area (Å²) in [5.41, 5.74) is 0.511. The normalized spacial score (nSPS) is 22.4. The Morgan fingerprint density at radius 3 is 2.76 bits per heavy atom. The van der Waals surface area contributed by atoms with Gasteiger partial charge in [-0.15, -0.1) is 0 Å². The molecular formula is C13H24N2O2. The number of carboxylic acids is 1. The van der Waals surface area contributed by atoms with Gasteiger partial charge < -0.3 is 14.9 Å². The summed E-state index contributed by atoms with van der Waals surface area (Å²) in [6, 6.07) is 0.628. The smallest absolute Gasteiger partial charge is 0.331 e. The molecule has 4 heteroatoms. The predicted octanol–water partition coefficient (Wildman–Crippen LogP) is 1.43. The Morgan fingerprint density at radius 2 is 2.29 bits per heavy atom. The van der Waals surface area contributed by atoms with Gasteiger partial charge in [0.15, 0.2) is 0 Å². The standard InChI is InChI=1S/C13H24N2O2/c1-4-11(13(16)17)7-9-14(2)10-12-6-5-8-15(12)3/h7,12H,4-6,8-10H2,1-3H3,(H,16,17). The second-order valence-corrected chi connectivity index (χ2v) is 4.89. The molecule has 1 heterocycles. The molecule has 1 rings (SSSR count). The summed E-state index contributed by atoms with van der Waals surface area (Å²) in [7, 11) is 4.22. The van der Waals surface area contributed by atoms with Crippen LogP contribution in [0.1, 0.15) is 26.2 Å². The van der Waals surface area contributed by atoms with Crippen molar-refractivity contribution < 1.29 is 9.90 Å². The molecule has 0 bridgehead atoms. The van der Waals surface area contributed by atoms with E-state index in [1.807, 2.05) is 13.0 Å². The summed E-state index contributed by atoms with van der Waals surface area (Å²) < 4.78 is 0. The predicted molar refractivity (Wildman–Crippen MR) is 69.2 cm³/mol. The monoisotopic (exact) mass is 240 g/mol. The molecule has 0 aliphatic carbocycles. The number of likely N-dealkylation sites (tertiary alicyclic amines) is 1. The molecule has 1 aliphatic heterocycles. The molecule has 0 saturated carbocycles. The maximum atomic E-state index is 10.8. The van der Waals surface area contributed by atoms with Crippen LogP contribution in [0.4, 0.5) is 0 Å². The van der Waals surface area contributed by atoms with Crippen LogP contribution < -0.4 is 0 Å². The van der Waals surface area contributed by atoms with E-state index < -0.39 is 5.97 Å². The van der Waals surface area contributed by atoms with Crippen LogP contribution >= 0.6 is 0 Å². The Bertz CT molecular complexity index is 289. The number of aliphatic carboxylic acids is 1. The molecule has 0 spiro atoms. The lowest BCUT2D eigenvalue weighted by molar-refractivity contribution is -0.132. The fraction of sp³-hybridized carbons (Fsp3) is 0.769. The zero-order valence-electron chi connectivity index (χ0n) is 11.1. The lowest BCUT2D eigenvalue weighted by Crippen LogP contribution is -2.36. The van der Waals surface area contributed by atoms with Crippen molar-refractivity contribution in [1.82, 2.24) is 9.80 Å². The van der Waals surface area contributed by atoms with Gasteiger partial charge in [0.05, 0.1) is 0 Å². The van der Waals surface area contributed by atoms with Gasteiger partial charge >= 0.3 is 5.97 Å². The van der Waals surface area contributed by atoms with Crippen molar-refractivity contribution in [2.75, 3.05) is 33.7 Å². The molecule has 0 aromatic heterocycles. The zero-order valence-corrected chi connectivity index (χ0v) is 11.1. The molecule has 17 heavy (non-hydrogen) atoms. The highest BCUT2D eigenvalue weighted by molar-refractivity contribution is 5.86. The Labute approximate surface area is 104 Å². The van der Waals surface area contributed by atoms with E-state index in [4.69, 9.17) is 5.11 Å². The third kappa shape index (κ3) is 4.48. The average Bonchev–Trinajstić information content (AvgIpc) is 2.65. The van der Waals surface area contributed by atoms with Crippen LogP contribution in [0.2, 0.25) is 0 Å². The lowest BCUT2D eigenvalue weighted by atomic mass is 10.2. The van der Waals surface area contributed by atoms with E-state index in [9.17, 15) is 4.79 Å². The number of carboxylic acid groups (broad SMARTS) is 1. The van der Waals surface area contributed by atoms with Gasteiger partial charge in [0.25, 0.3) is 0 Å². The Hall–Kier alpha value is -0.870. The number of likely N-dealkylation sites (N-methyl/N-ethyl adjacent to an activating group) is 2. The van der Waals surface area contributed by atoms with E-state index in [2.05, 4.69) is 23.9 Å². The van der Waals surface area contributed by atoms with Gasteiger partial charge in [0.1, 0.15) is 0 Å². The van der Waals surface area contributed by atoms with E-state index in [0.29, 0.717) is 18.0 Å². The minimum Gasteiger partial charge on any atom is -0.478 e. The van der Waals surface area contributed by atoms with Gasteiger partial charge in [0.2, 0.25) is 0 Å². The van der Waals surface area contributed by atoms with Gasteiger partial charge in [-0.2, -0.15) is 0 Å². The van der Waals surface area contributed by atoms with Crippen LogP contribution in [0.5, 0.6) is 0 Å². The van der Waals surface area contributed by atoms with Crippen molar-refractivity contribution in [2.24, 2.45) is 0 Å². The molecule has 1 fully saturated rings. The number of nitrogens with zero attached hydrogens (tertiary/aromatic N) is 2. The molecule has 98 valence electrons. The molecule has 4 nitrogen and oxygen atoms in total. The number of rotatable bonds is 6. The van der Waals surface area contributed by atoms with Crippen molar-refractivity contribution in [3.05, 3.63) is 11.6 Å². The van der Waals surface area contributed by atoms with Crippen molar-refractivity contribution >= 4 is 5.97 Å². The van der Waals surface area contributed by atoms with E-state index in [-0.39, 0.29) is 0 Å². The minimum absolute atomic E-state index is 0.511. The molecule has 1 N–H and O–H groups in total. The van der Waals surface area contributed by atoms with Gasteiger partial charge in [-0.05, 0) is 39.9 Å². The molecule has 1 saturated heterocycles. The summed E-state index contributed by atoms with van der Waals surface area (Å²) in [5.74, 6) is -0.793. The quantitative estimate of drug-likeness (QED) is 0.713. The van der Waals surface area contributed by atoms with E-state index in [1.165, 1.54) is 19.4 Å². The van der Waals surface area contributed by atoms with Crippen LogP contribution in [-0.2, 0) is 4.79 Å². The van der Waals surface area contributed by atoms with Gasteiger partial charge in [-0.1, -0.05) is 13.0 Å². The fourth-order valence-corrected chi connectivity index (χ4v) is 2.29. The summed E-state index contributed by atoms with van der Waals surface area (Å²) in [4.78, 5) is 15.4. The van der Waals surface area contributed by atoms with Gasteiger partial charge in [-0.25, -0.2) is 4.79 Å². The number of hydrogen-bond donors (Lipinski definition) is 1. The molecule has 1 unspecified atom stereocenters. The van der Waals surface area contributed by atoms with E-state index in [1.54, 1.807) is 0 Å². The average molecular weight is 240 g/mol. The molecule has 0 radical (unpaired) electrons. The fourth-order valence-electron chi connectivity index (χ4n) is 2.29. The third-order valence-corrected chi connectivity index (χ3v) is 3.50. The second-order valence-electron chi connectivity index (χ2n) is 4.89. The van der Waals surface area contributed by atoms with Gasteiger partial charge in [0, 0.05) is 24.7 Å². The maximum absolute atomic E-state index is 10.8. The Morgan fingerprint density at radius 1 is 1.59 bits per heavy atom. The first kappa shape index (κ1) is 14.2. The van der Waals surface area contributed by atoms with Crippen molar-refractivity contribution in [3.8, 4) is 0 Å². The van der Waals surface area contributed by atoms with Crippen molar-refractivity contribution in [1.29, 1.82) is 0 Å². The first-order chi connectivity index (χ1) is 8.04. The largest absolute Gasteiger partial charge is 0.478 e. The lowest BCUT2D eigenvalue weighted by Gasteiger charge is -2.25. The van der Waals surface area contributed by atoms with Crippen molar-refractivity contribution in [2.45, 2.75) is 32.2 Å². The highest BCUT2D eigenvalue weighted by Crippen LogP contribution is 2.15. The zero-order chi connectivity index (χ0) is 12.8. The highest BCUT2D eigenvalue weighted by atomic mass is 16.4. The molecule has 1 atom stereocenters. The SMILES string of the molecule is CCC(=CCN(C)CC1CCCN1C)C(=O)O. The van der Waals surface area contributed by atoms with Crippen LogP contribution in [-0.4, -0.2) is 60.6 Å². The topological polar surface area (TPSA) is 43.8 Å². The van der Waals surface area contributed by atoms with Crippen LogP contribution in [0.3, 0.4) is 0 Å². The summed E-state index contributed by atoms with van der Waals surface area (Å²) in [6.07, 6.45) is 4.95. The number of hydrogen-bond acceptors (Lipinski definition) is 3. The summed E-state index contributed by atoms with van der Waals surface area (Å²) in [6.45, 7) is 4.80. The van der Waals surface area contributed by atoms with Crippen LogP contribution in [0, 0.1) is 0 Å². The summed E-state index contributed by atoms with van der Waals surface area (Å²) in [5, 5.41) is 8.92. The molecule has 0 aromatic rings. The van der Waals surface area contributed by atoms with Crippen molar-refractivity contribution in [3.63, 3.8) is 0 Å². The Balaban J connectivity index is 2.38. The molecule has 1 aliphatic rings. The highest BCUT2D eigenvalue weighted by Gasteiger charge is 2.21. The molecular weight excluding hydrogens is 216 g/mol. The van der Waals surface area contributed by atoms with Crippen LogP contribution in [0.15, 0.2) is 11.6 Å². The molecule has 0 aromatic carbocycles. The first-order valence-electron chi connectivity index (χ1n) is 6.35. The Kier molecular flexibility index (Phi) is 5.65. The maximum Gasteiger partial charge on any atom is 0.331 e. The van der Waals surface area contributed by atoms with E-state index >= 15 is 0 Å². The minimum atomic E-state index is -0.793. The number of carbonyl (C=O) groups is 1. The summed E-state index contributed by atoms with van der Waals surface area (Å²) >= 11 is 0. The second kappa shape index (κ2) is 6.77. The van der Waals surface area contributed by atoms with Crippen LogP contribution in [0.25, 0.3) is 0 Å². The van der Waals surface area contributed by atoms with Gasteiger partial charge in [-0.3, -0.25) is 0 Å².